The number of nitro groups is 1. The highest BCUT2D eigenvalue weighted by atomic mass is 35.5. The molecule has 1 amide bonds. The number of ether oxygens (including phenoxy) is 1. The molecular weight excluding hydrogens is 456 g/mol. The second-order valence-electron chi connectivity index (χ2n) is 6.59. The first-order valence-electron chi connectivity index (χ1n) is 9.41. The van der Waals surface area contributed by atoms with Crippen LogP contribution in [0, 0.1) is 10.1 Å². The molecule has 164 valence electrons. The van der Waals surface area contributed by atoms with Crippen molar-refractivity contribution in [2.75, 3.05) is 5.32 Å². The number of thiophene rings is 1. The van der Waals surface area contributed by atoms with E-state index in [1.165, 1.54) is 23.5 Å². The van der Waals surface area contributed by atoms with Crippen LogP contribution in [0.2, 0.25) is 5.02 Å². The zero-order valence-corrected chi connectivity index (χ0v) is 18.1. The van der Waals surface area contributed by atoms with Crippen molar-refractivity contribution in [3.05, 3.63) is 91.6 Å². The van der Waals surface area contributed by atoms with Gasteiger partial charge in [-0.15, -0.1) is 11.3 Å². The van der Waals surface area contributed by atoms with E-state index in [2.05, 4.69) is 5.32 Å². The van der Waals surface area contributed by atoms with E-state index in [9.17, 15) is 24.5 Å². The number of rotatable bonds is 9. The molecule has 32 heavy (non-hydrogen) atoms. The Morgan fingerprint density at radius 1 is 1.06 bits per heavy atom. The van der Waals surface area contributed by atoms with E-state index in [0.717, 1.165) is 6.07 Å². The van der Waals surface area contributed by atoms with Crippen molar-refractivity contribution < 1.29 is 24.0 Å². The SMILES string of the molecule is O=C(CCC(=O)c1cccs1)OC(C(=O)Nc1ccc([N+](=O)[O-])cc1Cl)c1ccccc1. The van der Waals surface area contributed by atoms with Crippen molar-refractivity contribution in [3.63, 3.8) is 0 Å². The van der Waals surface area contributed by atoms with Crippen LogP contribution >= 0.6 is 22.9 Å². The predicted octanol–water partition coefficient (Wildman–Crippen LogP) is 5.20. The van der Waals surface area contributed by atoms with Crippen LogP contribution in [0.5, 0.6) is 0 Å². The maximum Gasteiger partial charge on any atom is 0.307 e. The number of Topliss-reactive ketones (excluding diaryl/α,β-unsaturated/α-hetero) is 1. The van der Waals surface area contributed by atoms with Crippen LogP contribution in [0.25, 0.3) is 0 Å². The fourth-order valence-electron chi connectivity index (χ4n) is 2.78. The first kappa shape index (κ1) is 23.1. The fraction of sp³-hybridized carbons (Fsp3) is 0.136. The molecule has 0 saturated carbocycles. The van der Waals surface area contributed by atoms with E-state index >= 15 is 0 Å². The van der Waals surface area contributed by atoms with E-state index < -0.39 is 22.9 Å². The Morgan fingerprint density at radius 3 is 2.44 bits per heavy atom. The molecule has 8 nitrogen and oxygen atoms in total. The van der Waals surface area contributed by atoms with Gasteiger partial charge in [0.25, 0.3) is 11.6 Å². The van der Waals surface area contributed by atoms with Crippen LogP contribution in [0.1, 0.15) is 34.2 Å². The Balaban J connectivity index is 1.71. The number of ketones is 1. The molecule has 1 N–H and O–H groups in total. The molecule has 1 unspecified atom stereocenters. The number of nitrogens with one attached hydrogen (secondary N) is 1. The Labute approximate surface area is 191 Å². The molecule has 0 bridgehead atoms. The highest BCUT2D eigenvalue weighted by Gasteiger charge is 2.26. The van der Waals surface area contributed by atoms with Crippen LogP contribution in [0.3, 0.4) is 0 Å². The van der Waals surface area contributed by atoms with Gasteiger partial charge in [0, 0.05) is 24.1 Å². The summed E-state index contributed by atoms with van der Waals surface area (Å²) in [7, 11) is 0. The van der Waals surface area contributed by atoms with Gasteiger partial charge in [-0.1, -0.05) is 48.0 Å². The third-order valence-electron chi connectivity index (χ3n) is 4.36. The van der Waals surface area contributed by atoms with Crippen molar-refractivity contribution in [2.45, 2.75) is 18.9 Å². The average Bonchev–Trinajstić information content (AvgIpc) is 3.32. The number of carbonyl (C=O) groups is 3. The number of halogens is 1. The Bertz CT molecular complexity index is 1130. The molecule has 0 aliphatic rings. The van der Waals surface area contributed by atoms with Gasteiger partial charge in [0.2, 0.25) is 6.10 Å². The third kappa shape index (κ3) is 5.99. The summed E-state index contributed by atoms with van der Waals surface area (Å²) >= 11 is 7.33. The normalized spacial score (nSPS) is 11.4. The van der Waals surface area contributed by atoms with Crippen molar-refractivity contribution >= 4 is 52.0 Å². The summed E-state index contributed by atoms with van der Waals surface area (Å²) in [4.78, 5) is 48.2. The maximum absolute atomic E-state index is 12.9. The Morgan fingerprint density at radius 2 is 1.81 bits per heavy atom. The van der Waals surface area contributed by atoms with Gasteiger partial charge in [0.1, 0.15) is 0 Å². The second kappa shape index (κ2) is 10.7. The van der Waals surface area contributed by atoms with Gasteiger partial charge in [-0.25, -0.2) is 0 Å². The lowest BCUT2D eigenvalue weighted by atomic mass is 10.1. The zero-order valence-electron chi connectivity index (χ0n) is 16.5. The fourth-order valence-corrected chi connectivity index (χ4v) is 3.70. The molecule has 0 radical (unpaired) electrons. The van der Waals surface area contributed by atoms with Gasteiger partial charge in [-0.05, 0) is 17.5 Å². The molecule has 0 fully saturated rings. The summed E-state index contributed by atoms with van der Waals surface area (Å²) in [6.45, 7) is 0. The van der Waals surface area contributed by atoms with Gasteiger partial charge < -0.3 is 10.1 Å². The number of amides is 1. The number of benzene rings is 2. The minimum absolute atomic E-state index is 0.0350. The van der Waals surface area contributed by atoms with Crippen LogP contribution in [0.15, 0.2) is 66.0 Å². The minimum atomic E-state index is -1.30. The molecule has 0 aliphatic carbocycles. The van der Waals surface area contributed by atoms with Crippen LogP contribution in [-0.2, 0) is 14.3 Å². The van der Waals surface area contributed by atoms with E-state index in [0.29, 0.717) is 10.4 Å². The number of carbonyl (C=O) groups excluding carboxylic acids is 3. The molecule has 3 aromatic rings. The molecule has 10 heteroatoms. The van der Waals surface area contributed by atoms with E-state index in [1.807, 2.05) is 0 Å². The van der Waals surface area contributed by atoms with Crippen LogP contribution < -0.4 is 5.32 Å². The monoisotopic (exact) mass is 472 g/mol. The summed E-state index contributed by atoms with van der Waals surface area (Å²) in [5.74, 6) is -1.59. The lowest BCUT2D eigenvalue weighted by molar-refractivity contribution is -0.384. The summed E-state index contributed by atoms with van der Waals surface area (Å²) in [6.07, 6.45) is -1.53. The smallest absolute Gasteiger partial charge is 0.307 e. The topological polar surface area (TPSA) is 116 Å². The number of hydrogen-bond acceptors (Lipinski definition) is 7. The predicted molar refractivity (Wildman–Crippen MR) is 120 cm³/mol. The van der Waals surface area contributed by atoms with Gasteiger partial charge >= 0.3 is 5.97 Å². The molecule has 0 spiro atoms. The highest BCUT2D eigenvalue weighted by Crippen LogP contribution is 2.28. The second-order valence-corrected chi connectivity index (χ2v) is 7.95. The molecule has 3 rings (SSSR count). The molecular formula is C22H17ClN2O6S. The van der Waals surface area contributed by atoms with E-state index in [1.54, 1.807) is 47.8 Å². The molecule has 2 aromatic carbocycles. The van der Waals surface area contributed by atoms with E-state index in [-0.39, 0.29) is 35.0 Å². The molecule has 0 saturated heterocycles. The number of non-ortho nitro benzene ring substituents is 1. The van der Waals surface area contributed by atoms with Crippen LogP contribution in [-0.4, -0.2) is 22.6 Å². The maximum atomic E-state index is 12.9. The van der Waals surface area contributed by atoms with Gasteiger partial charge in [0.15, 0.2) is 5.78 Å². The first-order chi connectivity index (χ1) is 15.3. The molecule has 1 heterocycles. The third-order valence-corrected chi connectivity index (χ3v) is 5.59. The summed E-state index contributed by atoms with van der Waals surface area (Å²) < 4.78 is 5.39. The molecule has 1 atom stereocenters. The van der Waals surface area contributed by atoms with Crippen LogP contribution in [0.4, 0.5) is 11.4 Å². The molecule has 0 aliphatic heterocycles. The number of esters is 1. The molecule has 1 aromatic heterocycles. The average molecular weight is 473 g/mol. The summed E-state index contributed by atoms with van der Waals surface area (Å²) in [6, 6.07) is 15.4. The van der Waals surface area contributed by atoms with Crippen molar-refractivity contribution in [1.29, 1.82) is 0 Å². The standard InChI is InChI=1S/C22H17ClN2O6S/c23-16-13-15(25(29)30)8-9-17(16)24-22(28)21(14-5-2-1-3-6-14)31-20(27)11-10-18(26)19-7-4-12-32-19/h1-9,12-13,21H,10-11H2,(H,24,28). The van der Waals surface area contributed by atoms with Gasteiger partial charge in [0.05, 0.1) is 26.9 Å². The van der Waals surface area contributed by atoms with E-state index in [4.69, 9.17) is 16.3 Å². The summed E-state index contributed by atoms with van der Waals surface area (Å²) in [5.41, 5.74) is 0.322. The van der Waals surface area contributed by atoms with Gasteiger partial charge in [-0.3, -0.25) is 24.5 Å². The van der Waals surface area contributed by atoms with Crippen molar-refractivity contribution in [1.82, 2.24) is 0 Å². The van der Waals surface area contributed by atoms with Crippen molar-refractivity contribution in [2.24, 2.45) is 0 Å². The van der Waals surface area contributed by atoms with Crippen molar-refractivity contribution in [3.8, 4) is 0 Å². The Hall–Kier alpha value is -3.56. The number of anilines is 1. The minimum Gasteiger partial charge on any atom is -0.447 e. The highest BCUT2D eigenvalue weighted by molar-refractivity contribution is 7.12. The lowest BCUT2D eigenvalue weighted by Gasteiger charge is -2.18. The Kier molecular flexibility index (Phi) is 7.69. The number of nitro benzene ring substituents is 1. The van der Waals surface area contributed by atoms with Gasteiger partial charge in [-0.2, -0.15) is 0 Å². The number of hydrogen-bond donors (Lipinski definition) is 1. The summed E-state index contributed by atoms with van der Waals surface area (Å²) in [5, 5.41) is 15.1. The first-order valence-corrected chi connectivity index (χ1v) is 10.7. The number of nitrogens with zero attached hydrogens (tertiary/aromatic N) is 1. The largest absolute Gasteiger partial charge is 0.447 e. The zero-order chi connectivity index (χ0) is 23.1. The lowest BCUT2D eigenvalue weighted by Crippen LogP contribution is -2.26. The quantitative estimate of drug-likeness (QED) is 0.198.